The van der Waals surface area contributed by atoms with Crippen molar-refractivity contribution in [2.45, 2.75) is 33.2 Å². The number of likely N-dealkylation sites (tertiary alicyclic amines) is 1. The molecule has 0 aromatic carbocycles. The second kappa shape index (κ2) is 4.29. The van der Waals surface area contributed by atoms with Crippen LogP contribution in [-0.4, -0.2) is 30.6 Å². The van der Waals surface area contributed by atoms with Crippen LogP contribution in [0, 0.1) is 22.7 Å². The van der Waals surface area contributed by atoms with Crippen molar-refractivity contribution in [3.8, 4) is 6.07 Å². The van der Waals surface area contributed by atoms with Gasteiger partial charge < -0.3 is 10.6 Å². The van der Waals surface area contributed by atoms with Crippen LogP contribution in [0.4, 0.5) is 0 Å². The zero-order valence-corrected chi connectivity index (χ0v) is 9.45. The molecule has 0 bridgehead atoms. The van der Waals surface area contributed by atoms with Crippen molar-refractivity contribution in [2.75, 3.05) is 19.6 Å². The third-order valence-electron chi connectivity index (χ3n) is 3.12. The van der Waals surface area contributed by atoms with Gasteiger partial charge in [0.15, 0.2) is 0 Å². The topological polar surface area (TPSA) is 53.0 Å². The van der Waals surface area contributed by atoms with Crippen molar-refractivity contribution in [1.82, 2.24) is 4.90 Å². The SMILES string of the molecule is CC(C)(C)C1CCN(CC(N)C#N)C1. The number of nitriles is 1. The van der Waals surface area contributed by atoms with Crippen LogP contribution in [0.2, 0.25) is 0 Å². The summed E-state index contributed by atoms with van der Waals surface area (Å²) < 4.78 is 0. The lowest BCUT2D eigenvalue weighted by atomic mass is 9.80. The molecule has 1 rings (SSSR count). The quantitative estimate of drug-likeness (QED) is 0.720. The molecule has 3 nitrogen and oxygen atoms in total. The Kier molecular flexibility index (Phi) is 3.52. The van der Waals surface area contributed by atoms with Crippen molar-refractivity contribution >= 4 is 0 Å². The lowest BCUT2D eigenvalue weighted by Crippen LogP contribution is -2.36. The predicted molar refractivity (Wildman–Crippen MR) is 57.6 cm³/mol. The molecule has 0 saturated carbocycles. The first-order valence-electron chi connectivity index (χ1n) is 5.31. The fraction of sp³-hybridized carbons (Fsp3) is 0.909. The van der Waals surface area contributed by atoms with Crippen LogP contribution >= 0.6 is 0 Å². The Labute approximate surface area is 86.9 Å². The average Bonchev–Trinajstić information content (AvgIpc) is 2.51. The van der Waals surface area contributed by atoms with Crippen LogP contribution in [0.15, 0.2) is 0 Å². The van der Waals surface area contributed by atoms with Crippen molar-refractivity contribution < 1.29 is 0 Å². The van der Waals surface area contributed by atoms with Gasteiger partial charge in [0, 0.05) is 13.1 Å². The van der Waals surface area contributed by atoms with Gasteiger partial charge in [0.2, 0.25) is 0 Å². The number of rotatable bonds is 2. The highest BCUT2D eigenvalue weighted by Gasteiger charge is 2.31. The predicted octanol–water partition coefficient (Wildman–Crippen LogP) is 1.21. The van der Waals surface area contributed by atoms with E-state index in [-0.39, 0.29) is 6.04 Å². The molecular formula is C11H21N3. The molecule has 3 heteroatoms. The molecule has 0 aromatic rings. The van der Waals surface area contributed by atoms with E-state index >= 15 is 0 Å². The molecule has 0 aliphatic carbocycles. The Morgan fingerprint density at radius 2 is 2.21 bits per heavy atom. The highest BCUT2D eigenvalue weighted by atomic mass is 15.2. The first-order valence-corrected chi connectivity index (χ1v) is 5.31. The van der Waals surface area contributed by atoms with Gasteiger partial charge >= 0.3 is 0 Å². The first-order chi connectivity index (χ1) is 6.43. The Hall–Kier alpha value is -0.590. The molecule has 0 spiro atoms. The minimum absolute atomic E-state index is 0.325. The summed E-state index contributed by atoms with van der Waals surface area (Å²) in [4.78, 5) is 2.31. The maximum absolute atomic E-state index is 8.62. The number of nitrogens with zero attached hydrogens (tertiary/aromatic N) is 2. The number of hydrogen-bond donors (Lipinski definition) is 1. The van der Waals surface area contributed by atoms with Gasteiger partial charge in [0.25, 0.3) is 0 Å². The van der Waals surface area contributed by atoms with Gasteiger partial charge in [0.05, 0.1) is 6.07 Å². The molecule has 0 radical (unpaired) electrons. The summed E-state index contributed by atoms with van der Waals surface area (Å²) in [6.45, 7) is 9.77. The van der Waals surface area contributed by atoms with Gasteiger partial charge in [-0.3, -0.25) is 0 Å². The Morgan fingerprint density at radius 1 is 1.57 bits per heavy atom. The molecule has 2 atom stereocenters. The summed E-state index contributed by atoms with van der Waals surface area (Å²) in [6.07, 6.45) is 1.24. The van der Waals surface area contributed by atoms with E-state index in [1.54, 1.807) is 0 Å². The maximum Gasteiger partial charge on any atom is 0.106 e. The van der Waals surface area contributed by atoms with Gasteiger partial charge in [-0.2, -0.15) is 5.26 Å². The minimum atomic E-state index is -0.325. The highest BCUT2D eigenvalue weighted by molar-refractivity contribution is 4.92. The minimum Gasteiger partial charge on any atom is -0.315 e. The zero-order valence-electron chi connectivity index (χ0n) is 9.45. The molecule has 0 aromatic heterocycles. The van der Waals surface area contributed by atoms with Crippen LogP contribution in [0.5, 0.6) is 0 Å². The van der Waals surface area contributed by atoms with E-state index in [9.17, 15) is 0 Å². The Bertz CT molecular complexity index is 224. The molecule has 1 saturated heterocycles. The van der Waals surface area contributed by atoms with E-state index in [2.05, 4.69) is 31.7 Å². The standard InChI is InChI=1S/C11H21N3/c1-11(2,3)9-4-5-14(7-9)8-10(13)6-12/h9-10H,4-5,7-8,13H2,1-3H3. The number of hydrogen-bond acceptors (Lipinski definition) is 3. The second-order valence-corrected chi connectivity index (χ2v) is 5.35. The summed E-state index contributed by atoms with van der Waals surface area (Å²) in [7, 11) is 0. The van der Waals surface area contributed by atoms with E-state index in [4.69, 9.17) is 11.0 Å². The van der Waals surface area contributed by atoms with E-state index in [1.165, 1.54) is 6.42 Å². The highest BCUT2D eigenvalue weighted by Crippen LogP contribution is 2.33. The summed E-state index contributed by atoms with van der Waals surface area (Å²) >= 11 is 0. The molecule has 0 amide bonds. The van der Waals surface area contributed by atoms with E-state index < -0.39 is 0 Å². The Balaban J connectivity index is 2.39. The van der Waals surface area contributed by atoms with Crippen LogP contribution < -0.4 is 5.73 Å². The molecule has 1 aliphatic rings. The van der Waals surface area contributed by atoms with Crippen molar-refractivity contribution in [2.24, 2.45) is 17.1 Å². The molecule has 80 valence electrons. The van der Waals surface area contributed by atoms with E-state index in [0.29, 0.717) is 5.41 Å². The van der Waals surface area contributed by atoms with Crippen LogP contribution in [0.1, 0.15) is 27.2 Å². The smallest absolute Gasteiger partial charge is 0.106 e. The molecule has 1 aliphatic heterocycles. The molecular weight excluding hydrogens is 174 g/mol. The molecule has 1 fully saturated rings. The van der Waals surface area contributed by atoms with Gasteiger partial charge in [-0.15, -0.1) is 0 Å². The lowest BCUT2D eigenvalue weighted by Gasteiger charge is -2.27. The maximum atomic E-state index is 8.62. The largest absolute Gasteiger partial charge is 0.315 e. The van der Waals surface area contributed by atoms with Crippen molar-refractivity contribution in [3.63, 3.8) is 0 Å². The number of nitrogens with two attached hydrogens (primary N) is 1. The molecule has 2 N–H and O–H groups in total. The van der Waals surface area contributed by atoms with Crippen molar-refractivity contribution in [3.05, 3.63) is 0 Å². The summed E-state index contributed by atoms with van der Waals surface area (Å²) in [5, 5.41) is 8.62. The third-order valence-corrected chi connectivity index (χ3v) is 3.12. The fourth-order valence-electron chi connectivity index (χ4n) is 2.02. The molecule has 1 heterocycles. The van der Waals surface area contributed by atoms with E-state index in [0.717, 1.165) is 25.6 Å². The summed E-state index contributed by atoms with van der Waals surface area (Å²) in [5.74, 6) is 0.744. The Morgan fingerprint density at radius 3 is 2.64 bits per heavy atom. The van der Waals surface area contributed by atoms with Gasteiger partial charge in [0.1, 0.15) is 6.04 Å². The van der Waals surface area contributed by atoms with Crippen LogP contribution in [0.25, 0.3) is 0 Å². The molecule has 2 unspecified atom stereocenters. The summed E-state index contributed by atoms with van der Waals surface area (Å²) in [5.41, 5.74) is 5.98. The molecule has 14 heavy (non-hydrogen) atoms. The van der Waals surface area contributed by atoms with Crippen LogP contribution in [-0.2, 0) is 0 Å². The third kappa shape index (κ3) is 2.97. The fourth-order valence-corrected chi connectivity index (χ4v) is 2.02. The van der Waals surface area contributed by atoms with Gasteiger partial charge in [-0.1, -0.05) is 20.8 Å². The average molecular weight is 195 g/mol. The van der Waals surface area contributed by atoms with Crippen LogP contribution in [0.3, 0.4) is 0 Å². The second-order valence-electron chi connectivity index (χ2n) is 5.35. The van der Waals surface area contributed by atoms with Crippen molar-refractivity contribution in [1.29, 1.82) is 5.26 Å². The normalized spacial score (nSPS) is 26.1. The van der Waals surface area contributed by atoms with E-state index in [1.807, 2.05) is 0 Å². The van der Waals surface area contributed by atoms with Gasteiger partial charge in [-0.05, 0) is 24.3 Å². The zero-order chi connectivity index (χ0) is 10.8. The van der Waals surface area contributed by atoms with Gasteiger partial charge in [-0.25, -0.2) is 0 Å². The monoisotopic (exact) mass is 195 g/mol. The lowest BCUT2D eigenvalue weighted by molar-refractivity contribution is 0.228. The first kappa shape index (κ1) is 11.5. The summed E-state index contributed by atoms with van der Waals surface area (Å²) in [6, 6.07) is 1.76.